The van der Waals surface area contributed by atoms with Crippen LogP contribution < -0.4 is 10.0 Å². The molecule has 1 aliphatic rings. The standard InChI is InChI=1S/C9H20N2O4S2/c1-3-10-6-8(2)17(14,15)11-9-4-5-16(12,13)7-9/h8-11H,3-7H2,1-2H3. The van der Waals surface area contributed by atoms with Crippen molar-refractivity contribution < 1.29 is 16.8 Å². The molecule has 6 nitrogen and oxygen atoms in total. The summed E-state index contributed by atoms with van der Waals surface area (Å²) in [6.45, 7) is 4.58. The first kappa shape index (κ1) is 14.9. The maximum absolute atomic E-state index is 11.9. The summed E-state index contributed by atoms with van der Waals surface area (Å²) in [5, 5.41) is 2.39. The molecule has 1 aliphatic heterocycles. The summed E-state index contributed by atoms with van der Waals surface area (Å²) >= 11 is 0. The molecule has 0 spiro atoms. The molecule has 0 amide bonds. The van der Waals surface area contributed by atoms with Crippen LogP contribution in [-0.2, 0) is 19.9 Å². The van der Waals surface area contributed by atoms with E-state index in [1.165, 1.54) is 0 Å². The predicted molar refractivity (Wildman–Crippen MR) is 67.1 cm³/mol. The maximum atomic E-state index is 11.9. The van der Waals surface area contributed by atoms with Crippen molar-refractivity contribution in [2.75, 3.05) is 24.6 Å². The van der Waals surface area contributed by atoms with Gasteiger partial charge in [0.1, 0.15) is 0 Å². The molecule has 0 aromatic heterocycles. The minimum Gasteiger partial charge on any atom is -0.316 e. The van der Waals surface area contributed by atoms with Crippen LogP contribution in [0.15, 0.2) is 0 Å². The zero-order chi connectivity index (χ0) is 13.1. The molecule has 2 atom stereocenters. The summed E-state index contributed by atoms with van der Waals surface area (Å²) in [4.78, 5) is 0. The van der Waals surface area contributed by atoms with E-state index in [-0.39, 0.29) is 11.5 Å². The zero-order valence-electron chi connectivity index (χ0n) is 10.1. The summed E-state index contributed by atoms with van der Waals surface area (Å²) in [6, 6.07) is -0.464. The molecule has 1 saturated heterocycles. The van der Waals surface area contributed by atoms with E-state index in [9.17, 15) is 16.8 Å². The number of hydrogen-bond acceptors (Lipinski definition) is 5. The third kappa shape index (κ3) is 4.53. The average molecular weight is 284 g/mol. The van der Waals surface area contributed by atoms with Gasteiger partial charge < -0.3 is 5.32 Å². The Labute approximate surface area is 103 Å². The van der Waals surface area contributed by atoms with Crippen molar-refractivity contribution in [3.63, 3.8) is 0 Å². The first-order valence-electron chi connectivity index (χ1n) is 5.69. The van der Waals surface area contributed by atoms with Crippen LogP contribution in [0.25, 0.3) is 0 Å². The largest absolute Gasteiger partial charge is 0.316 e. The fourth-order valence-electron chi connectivity index (χ4n) is 1.69. The number of hydrogen-bond donors (Lipinski definition) is 2. The molecule has 0 aromatic rings. The van der Waals surface area contributed by atoms with Gasteiger partial charge in [-0.2, -0.15) is 0 Å². The van der Waals surface area contributed by atoms with E-state index in [4.69, 9.17) is 0 Å². The lowest BCUT2D eigenvalue weighted by Crippen LogP contribution is -2.44. The normalized spacial score (nSPS) is 25.9. The minimum absolute atomic E-state index is 0.0712. The van der Waals surface area contributed by atoms with Crippen LogP contribution in [-0.4, -0.2) is 52.7 Å². The number of rotatable bonds is 6. The van der Waals surface area contributed by atoms with Crippen molar-refractivity contribution in [3.8, 4) is 0 Å². The quantitative estimate of drug-likeness (QED) is 0.659. The number of nitrogens with one attached hydrogen (secondary N) is 2. The van der Waals surface area contributed by atoms with Crippen LogP contribution in [0.2, 0.25) is 0 Å². The van der Waals surface area contributed by atoms with Gasteiger partial charge in [0.25, 0.3) is 0 Å². The molecule has 0 bridgehead atoms. The van der Waals surface area contributed by atoms with Gasteiger partial charge in [0.05, 0.1) is 16.8 Å². The molecular formula is C9H20N2O4S2. The Balaban J connectivity index is 2.55. The van der Waals surface area contributed by atoms with Crippen molar-refractivity contribution in [1.29, 1.82) is 0 Å². The van der Waals surface area contributed by atoms with Crippen LogP contribution in [0.4, 0.5) is 0 Å². The molecule has 0 aliphatic carbocycles. The Morgan fingerprint density at radius 3 is 2.53 bits per heavy atom. The number of sulfonamides is 1. The van der Waals surface area contributed by atoms with E-state index in [0.29, 0.717) is 19.5 Å². The van der Waals surface area contributed by atoms with Crippen molar-refractivity contribution in [2.45, 2.75) is 31.6 Å². The summed E-state index contributed by atoms with van der Waals surface area (Å²) in [5.74, 6) is -0.0120. The summed E-state index contributed by atoms with van der Waals surface area (Å²) < 4.78 is 48.6. The van der Waals surface area contributed by atoms with Gasteiger partial charge in [-0.25, -0.2) is 21.6 Å². The van der Waals surface area contributed by atoms with Gasteiger partial charge in [-0.1, -0.05) is 6.92 Å². The van der Waals surface area contributed by atoms with Crippen LogP contribution in [0.5, 0.6) is 0 Å². The van der Waals surface area contributed by atoms with Gasteiger partial charge >= 0.3 is 0 Å². The van der Waals surface area contributed by atoms with Crippen LogP contribution in [0.1, 0.15) is 20.3 Å². The lowest BCUT2D eigenvalue weighted by molar-refractivity contribution is 0.543. The third-order valence-corrected chi connectivity index (χ3v) is 6.43. The Morgan fingerprint density at radius 2 is 2.06 bits per heavy atom. The van der Waals surface area contributed by atoms with E-state index in [0.717, 1.165) is 0 Å². The Hall–Kier alpha value is -0.180. The highest BCUT2D eigenvalue weighted by Gasteiger charge is 2.32. The molecule has 1 rings (SSSR count). The van der Waals surface area contributed by atoms with Crippen LogP contribution in [0.3, 0.4) is 0 Å². The second kappa shape index (κ2) is 5.64. The van der Waals surface area contributed by atoms with Gasteiger partial charge in [0, 0.05) is 12.6 Å². The topological polar surface area (TPSA) is 92.3 Å². The van der Waals surface area contributed by atoms with Gasteiger partial charge in [0.15, 0.2) is 9.84 Å². The van der Waals surface area contributed by atoms with E-state index in [1.54, 1.807) is 6.92 Å². The SMILES string of the molecule is CCNCC(C)S(=O)(=O)NC1CCS(=O)(=O)C1. The third-order valence-electron chi connectivity index (χ3n) is 2.77. The van der Waals surface area contributed by atoms with Gasteiger partial charge in [-0.3, -0.25) is 0 Å². The molecular weight excluding hydrogens is 264 g/mol. The Bertz CT molecular complexity index is 444. The fourth-order valence-corrected chi connectivity index (χ4v) is 4.71. The predicted octanol–water partition coefficient (Wildman–Crippen LogP) is -0.909. The highest BCUT2D eigenvalue weighted by atomic mass is 32.2. The maximum Gasteiger partial charge on any atom is 0.215 e. The summed E-state index contributed by atoms with van der Waals surface area (Å²) in [6.07, 6.45) is 0.371. The highest BCUT2D eigenvalue weighted by molar-refractivity contribution is 7.92. The molecule has 17 heavy (non-hydrogen) atoms. The molecule has 2 unspecified atom stereocenters. The van der Waals surface area contributed by atoms with Crippen molar-refractivity contribution in [3.05, 3.63) is 0 Å². The molecule has 2 N–H and O–H groups in total. The van der Waals surface area contributed by atoms with Crippen molar-refractivity contribution in [1.82, 2.24) is 10.0 Å². The van der Waals surface area contributed by atoms with E-state index >= 15 is 0 Å². The molecule has 0 radical (unpaired) electrons. The van der Waals surface area contributed by atoms with Crippen molar-refractivity contribution >= 4 is 19.9 Å². The van der Waals surface area contributed by atoms with Gasteiger partial charge in [-0.05, 0) is 19.9 Å². The molecule has 1 fully saturated rings. The first-order chi connectivity index (χ1) is 7.77. The van der Waals surface area contributed by atoms with Crippen molar-refractivity contribution in [2.24, 2.45) is 0 Å². The highest BCUT2D eigenvalue weighted by Crippen LogP contribution is 2.13. The molecule has 0 saturated carbocycles. The lowest BCUT2D eigenvalue weighted by atomic mass is 10.3. The molecule has 1 heterocycles. The van der Waals surface area contributed by atoms with Crippen LogP contribution >= 0.6 is 0 Å². The second-order valence-electron chi connectivity index (χ2n) is 4.38. The summed E-state index contributed by atoms with van der Waals surface area (Å²) in [7, 11) is -6.50. The van der Waals surface area contributed by atoms with Gasteiger partial charge in [0.2, 0.25) is 10.0 Å². The van der Waals surface area contributed by atoms with E-state index < -0.39 is 31.2 Å². The first-order valence-corrected chi connectivity index (χ1v) is 9.06. The Morgan fingerprint density at radius 1 is 1.41 bits per heavy atom. The van der Waals surface area contributed by atoms with E-state index in [1.807, 2.05) is 6.92 Å². The average Bonchev–Trinajstić information content (AvgIpc) is 2.53. The fraction of sp³-hybridized carbons (Fsp3) is 1.00. The summed E-state index contributed by atoms with van der Waals surface area (Å²) in [5.41, 5.74) is 0. The molecule has 0 aromatic carbocycles. The molecule has 8 heteroatoms. The minimum atomic E-state index is -3.44. The molecule has 102 valence electrons. The zero-order valence-corrected chi connectivity index (χ0v) is 11.8. The van der Waals surface area contributed by atoms with E-state index in [2.05, 4.69) is 10.0 Å². The van der Waals surface area contributed by atoms with Crippen LogP contribution in [0, 0.1) is 0 Å². The monoisotopic (exact) mass is 284 g/mol. The second-order valence-corrected chi connectivity index (χ2v) is 8.74. The smallest absolute Gasteiger partial charge is 0.215 e. The lowest BCUT2D eigenvalue weighted by Gasteiger charge is -2.17. The van der Waals surface area contributed by atoms with Gasteiger partial charge in [-0.15, -0.1) is 0 Å². The Kier molecular flexibility index (Phi) is 4.94. The number of sulfone groups is 1.